The zero-order valence-corrected chi connectivity index (χ0v) is 14.8. The summed E-state index contributed by atoms with van der Waals surface area (Å²) in [5.74, 6) is 2.09. The van der Waals surface area contributed by atoms with Crippen LogP contribution in [0, 0.1) is 17.3 Å². The van der Waals surface area contributed by atoms with E-state index in [1.54, 1.807) is 0 Å². The van der Waals surface area contributed by atoms with E-state index < -0.39 is 0 Å². The van der Waals surface area contributed by atoms with Gasteiger partial charge in [-0.05, 0) is 67.0 Å². The van der Waals surface area contributed by atoms with Crippen molar-refractivity contribution < 1.29 is 0 Å². The molecule has 20 heavy (non-hydrogen) atoms. The van der Waals surface area contributed by atoms with Crippen LogP contribution in [0.2, 0.25) is 5.02 Å². The third-order valence-corrected chi connectivity index (χ3v) is 5.96. The quantitative estimate of drug-likeness (QED) is 0.750. The number of rotatable bonds is 5. The molecule has 0 amide bonds. The Kier molecular flexibility index (Phi) is 5.56. The molecule has 0 saturated heterocycles. The molecule has 114 valence electrons. The first-order valence-corrected chi connectivity index (χ1v) is 9.08. The van der Waals surface area contributed by atoms with Crippen molar-refractivity contribution in [1.29, 1.82) is 0 Å². The maximum absolute atomic E-state index is 6.41. The summed E-state index contributed by atoms with van der Waals surface area (Å²) in [6.45, 7) is 11.6. The van der Waals surface area contributed by atoms with Crippen LogP contribution < -0.4 is 5.32 Å². The topological polar surface area (TPSA) is 12.0 Å². The van der Waals surface area contributed by atoms with Crippen molar-refractivity contribution in [1.82, 2.24) is 5.32 Å². The Morgan fingerprint density at radius 3 is 2.80 bits per heavy atom. The minimum absolute atomic E-state index is 0.451. The first-order chi connectivity index (χ1) is 9.39. The van der Waals surface area contributed by atoms with Crippen LogP contribution in [-0.2, 0) is 0 Å². The van der Waals surface area contributed by atoms with Crippen LogP contribution >= 0.6 is 22.9 Å². The van der Waals surface area contributed by atoms with E-state index in [0.717, 1.165) is 29.9 Å². The number of halogens is 1. The molecule has 0 aromatic carbocycles. The molecule has 2 atom stereocenters. The highest BCUT2D eigenvalue weighted by Gasteiger charge is 2.36. The average molecular weight is 314 g/mol. The summed E-state index contributed by atoms with van der Waals surface area (Å²) in [6.07, 6.45) is 3.92. The Morgan fingerprint density at radius 1 is 1.45 bits per heavy atom. The largest absolute Gasteiger partial charge is 0.316 e. The van der Waals surface area contributed by atoms with Gasteiger partial charge in [0.15, 0.2) is 0 Å². The molecule has 1 aliphatic rings. The summed E-state index contributed by atoms with van der Waals surface area (Å²) in [7, 11) is 0. The fourth-order valence-electron chi connectivity index (χ4n) is 3.32. The Bertz CT molecular complexity index is 424. The van der Waals surface area contributed by atoms with Gasteiger partial charge in [-0.2, -0.15) is 0 Å². The van der Waals surface area contributed by atoms with Gasteiger partial charge in [-0.3, -0.25) is 0 Å². The van der Waals surface area contributed by atoms with Crippen LogP contribution in [0.15, 0.2) is 11.4 Å². The lowest BCUT2D eigenvalue weighted by Gasteiger charge is -2.41. The smallest absolute Gasteiger partial charge is 0.0547 e. The van der Waals surface area contributed by atoms with Crippen molar-refractivity contribution in [2.24, 2.45) is 17.3 Å². The zero-order valence-electron chi connectivity index (χ0n) is 13.2. The lowest BCUT2D eigenvalue weighted by molar-refractivity contribution is 0.161. The standard InChI is InChI=1S/C17H28ClNS/c1-12(2)10-19-11-13-5-7-17(3,4)9-14(13)16-15(18)6-8-20-16/h6,8,12-14,19H,5,7,9-11H2,1-4H3. The molecule has 1 aromatic rings. The van der Waals surface area contributed by atoms with Gasteiger partial charge in [0, 0.05) is 4.88 Å². The molecule has 3 heteroatoms. The summed E-state index contributed by atoms with van der Waals surface area (Å²) in [4.78, 5) is 1.41. The van der Waals surface area contributed by atoms with Gasteiger partial charge in [0.05, 0.1) is 5.02 Å². The van der Waals surface area contributed by atoms with Crippen molar-refractivity contribution in [2.45, 2.75) is 52.9 Å². The molecule has 1 nitrogen and oxygen atoms in total. The number of thiophene rings is 1. The first-order valence-electron chi connectivity index (χ1n) is 7.82. The summed E-state index contributed by atoms with van der Waals surface area (Å²) in [5, 5.41) is 6.77. The molecule has 0 radical (unpaired) electrons. The second-order valence-electron chi connectivity index (χ2n) is 7.46. The first kappa shape index (κ1) is 16.3. The Morgan fingerprint density at radius 2 is 2.20 bits per heavy atom. The zero-order chi connectivity index (χ0) is 14.8. The third kappa shape index (κ3) is 4.22. The maximum Gasteiger partial charge on any atom is 0.0547 e. The van der Waals surface area contributed by atoms with E-state index in [4.69, 9.17) is 11.6 Å². The Hall–Kier alpha value is -0.0500. The van der Waals surface area contributed by atoms with E-state index in [1.165, 1.54) is 24.1 Å². The van der Waals surface area contributed by atoms with Crippen molar-refractivity contribution >= 4 is 22.9 Å². The number of hydrogen-bond acceptors (Lipinski definition) is 2. The summed E-state index contributed by atoms with van der Waals surface area (Å²) in [6, 6.07) is 2.06. The molecule has 2 unspecified atom stereocenters. The van der Waals surface area contributed by atoms with Gasteiger partial charge < -0.3 is 5.32 Å². The van der Waals surface area contributed by atoms with E-state index in [2.05, 4.69) is 44.5 Å². The third-order valence-electron chi connectivity index (χ3n) is 4.47. The highest BCUT2D eigenvalue weighted by Crippen LogP contribution is 2.49. The number of hydrogen-bond donors (Lipinski definition) is 1. The molecule has 1 saturated carbocycles. The molecule has 1 fully saturated rings. The molecule has 1 aliphatic carbocycles. The van der Waals surface area contributed by atoms with Crippen molar-refractivity contribution in [3.8, 4) is 0 Å². The summed E-state index contributed by atoms with van der Waals surface area (Å²) < 4.78 is 0. The minimum atomic E-state index is 0.451. The van der Waals surface area contributed by atoms with Gasteiger partial charge in [-0.25, -0.2) is 0 Å². The molecular weight excluding hydrogens is 286 g/mol. The monoisotopic (exact) mass is 313 g/mol. The maximum atomic E-state index is 6.41. The fraction of sp³-hybridized carbons (Fsp3) is 0.765. The molecule has 0 bridgehead atoms. The van der Waals surface area contributed by atoms with Crippen LogP contribution in [0.25, 0.3) is 0 Å². The second kappa shape index (κ2) is 6.81. The van der Waals surface area contributed by atoms with Gasteiger partial charge >= 0.3 is 0 Å². The normalized spacial score (nSPS) is 26.1. The fourth-order valence-corrected chi connectivity index (χ4v) is 4.71. The Labute approximate surface area is 133 Å². The van der Waals surface area contributed by atoms with Crippen LogP contribution in [0.5, 0.6) is 0 Å². The van der Waals surface area contributed by atoms with E-state index >= 15 is 0 Å². The Balaban J connectivity index is 2.07. The predicted molar refractivity (Wildman–Crippen MR) is 90.9 cm³/mol. The van der Waals surface area contributed by atoms with E-state index in [0.29, 0.717) is 11.3 Å². The van der Waals surface area contributed by atoms with Gasteiger partial charge in [0.1, 0.15) is 0 Å². The lowest BCUT2D eigenvalue weighted by Crippen LogP contribution is -2.35. The highest BCUT2D eigenvalue weighted by molar-refractivity contribution is 7.10. The molecular formula is C17H28ClNS. The van der Waals surface area contributed by atoms with Crippen LogP contribution in [0.4, 0.5) is 0 Å². The van der Waals surface area contributed by atoms with Crippen molar-refractivity contribution in [3.05, 3.63) is 21.3 Å². The van der Waals surface area contributed by atoms with Crippen LogP contribution in [-0.4, -0.2) is 13.1 Å². The molecule has 0 spiro atoms. The minimum Gasteiger partial charge on any atom is -0.316 e. The van der Waals surface area contributed by atoms with E-state index in [-0.39, 0.29) is 0 Å². The summed E-state index contributed by atoms with van der Waals surface area (Å²) >= 11 is 8.25. The molecule has 2 rings (SSSR count). The van der Waals surface area contributed by atoms with Gasteiger partial charge in [-0.1, -0.05) is 39.3 Å². The highest BCUT2D eigenvalue weighted by atomic mass is 35.5. The van der Waals surface area contributed by atoms with E-state index in [9.17, 15) is 0 Å². The average Bonchev–Trinajstić information content (AvgIpc) is 2.76. The molecule has 1 aromatic heterocycles. The van der Waals surface area contributed by atoms with Crippen molar-refractivity contribution in [3.63, 3.8) is 0 Å². The molecule has 1 N–H and O–H groups in total. The second-order valence-corrected chi connectivity index (χ2v) is 8.81. The van der Waals surface area contributed by atoms with Crippen LogP contribution in [0.3, 0.4) is 0 Å². The SMILES string of the molecule is CC(C)CNCC1CCC(C)(C)CC1c1sccc1Cl. The summed E-state index contributed by atoms with van der Waals surface area (Å²) in [5.41, 5.74) is 0.451. The van der Waals surface area contributed by atoms with Gasteiger partial charge in [0.25, 0.3) is 0 Å². The van der Waals surface area contributed by atoms with Gasteiger partial charge in [-0.15, -0.1) is 11.3 Å². The molecule has 1 heterocycles. The predicted octanol–water partition coefficient (Wildman–Crippen LogP) is 5.56. The van der Waals surface area contributed by atoms with Gasteiger partial charge in [0.2, 0.25) is 0 Å². The lowest BCUT2D eigenvalue weighted by atomic mass is 9.66. The molecule has 0 aliphatic heterocycles. The van der Waals surface area contributed by atoms with Crippen molar-refractivity contribution in [2.75, 3.05) is 13.1 Å². The van der Waals surface area contributed by atoms with Crippen LogP contribution in [0.1, 0.15) is 57.8 Å². The van der Waals surface area contributed by atoms with E-state index in [1.807, 2.05) is 11.3 Å². The number of nitrogens with one attached hydrogen (secondary N) is 1.